The van der Waals surface area contributed by atoms with Crippen molar-refractivity contribution in [1.82, 2.24) is 19.4 Å². The number of rotatable bonds is 5. The highest BCUT2D eigenvalue weighted by atomic mass is 127. The normalized spacial score (nSPS) is 26.3. The maximum atomic E-state index is 11.6. The number of halogens is 1. The summed E-state index contributed by atoms with van der Waals surface area (Å²) in [5.41, 5.74) is 0. The molecule has 3 saturated heterocycles. The highest BCUT2D eigenvalue weighted by Gasteiger charge is 2.30. The van der Waals surface area contributed by atoms with Crippen molar-refractivity contribution in [3.05, 3.63) is 0 Å². The van der Waals surface area contributed by atoms with Crippen molar-refractivity contribution in [2.45, 2.75) is 32.2 Å². The number of aliphatic imine (C=N–C) groups is 1. The number of nitrogens with one attached hydrogen (secondary N) is 1. The summed E-state index contributed by atoms with van der Waals surface area (Å²) in [5, 5.41) is 3.45. The van der Waals surface area contributed by atoms with E-state index in [1.165, 1.54) is 12.7 Å². The van der Waals surface area contributed by atoms with Crippen LogP contribution < -0.4 is 5.32 Å². The molecule has 0 aromatic rings. The Morgan fingerprint density at radius 1 is 1.11 bits per heavy atom. The van der Waals surface area contributed by atoms with Gasteiger partial charge >= 0.3 is 0 Å². The number of hydrogen-bond acceptors (Lipinski definition) is 5. The quantitative estimate of drug-likeness (QED) is 0.320. The molecule has 3 fully saturated rings. The van der Waals surface area contributed by atoms with E-state index >= 15 is 0 Å². The summed E-state index contributed by atoms with van der Waals surface area (Å²) >= 11 is 0. The van der Waals surface area contributed by atoms with E-state index in [1.54, 1.807) is 4.31 Å². The van der Waals surface area contributed by atoms with Gasteiger partial charge in [0.2, 0.25) is 10.0 Å². The Morgan fingerprint density at radius 3 is 2.39 bits per heavy atom. The standard InChI is InChI=1S/C18H35N5O3S.HI/c1-3-19-18(20-14-16-4-8-23(9-5-16)27(2,24)25)22-7-6-17(15-22)21-10-12-26-13-11-21;/h16-17H,3-15H2,1-2H3,(H,19,20);1H. The first kappa shape index (κ1) is 24.1. The van der Waals surface area contributed by atoms with Crippen LogP contribution in [0.25, 0.3) is 0 Å². The Kier molecular flexibility index (Phi) is 9.71. The molecule has 28 heavy (non-hydrogen) atoms. The first-order chi connectivity index (χ1) is 13.0. The third-order valence-corrected chi connectivity index (χ3v) is 7.20. The van der Waals surface area contributed by atoms with Gasteiger partial charge in [-0.1, -0.05) is 0 Å². The maximum Gasteiger partial charge on any atom is 0.211 e. The van der Waals surface area contributed by atoms with Crippen LogP contribution in [0, 0.1) is 5.92 Å². The monoisotopic (exact) mass is 529 g/mol. The lowest BCUT2D eigenvalue weighted by atomic mass is 9.98. The molecule has 8 nitrogen and oxygen atoms in total. The predicted molar refractivity (Wildman–Crippen MR) is 123 cm³/mol. The SMILES string of the molecule is CCNC(=NCC1CCN(S(C)(=O)=O)CC1)N1CCC(N2CCOCC2)C1.I. The Bertz CT molecular complexity index is 604. The molecule has 1 N–H and O–H groups in total. The highest BCUT2D eigenvalue weighted by Crippen LogP contribution is 2.20. The summed E-state index contributed by atoms with van der Waals surface area (Å²) in [4.78, 5) is 9.84. The minimum Gasteiger partial charge on any atom is -0.379 e. The first-order valence-electron chi connectivity index (χ1n) is 10.3. The van der Waals surface area contributed by atoms with Crippen molar-refractivity contribution >= 4 is 40.0 Å². The molecule has 3 heterocycles. The molecule has 1 unspecified atom stereocenters. The van der Waals surface area contributed by atoms with Crippen LogP contribution in [0.3, 0.4) is 0 Å². The Hall–Kier alpha value is -0.170. The number of guanidine groups is 1. The molecular weight excluding hydrogens is 493 g/mol. The van der Waals surface area contributed by atoms with Crippen molar-refractivity contribution < 1.29 is 13.2 Å². The first-order valence-corrected chi connectivity index (χ1v) is 12.1. The molecule has 3 rings (SSSR count). The van der Waals surface area contributed by atoms with Crippen molar-refractivity contribution in [2.75, 3.05) is 71.8 Å². The van der Waals surface area contributed by atoms with Gasteiger partial charge in [-0.05, 0) is 32.1 Å². The number of sulfonamides is 1. The maximum absolute atomic E-state index is 11.6. The van der Waals surface area contributed by atoms with Crippen LogP contribution in [0.2, 0.25) is 0 Å². The van der Waals surface area contributed by atoms with E-state index in [0.29, 0.717) is 25.0 Å². The number of ether oxygens (including phenoxy) is 1. The predicted octanol–water partition coefficient (Wildman–Crippen LogP) is 0.648. The van der Waals surface area contributed by atoms with Crippen LogP contribution in [0.4, 0.5) is 0 Å². The molecule has 164 valence electrons. The van der Waals surface area contributed by atoms with Gasteiger partial charge in [-0.3, -0.25) is 9.89 Å². The van der Waals surface area contributed by atoms with Crippen molar-refractivity contribution in [3.8, 4) is 0 Å². The number of piperidine rings is 1. The minimum absolute atomic E-state index is 0. The molecule has 0 saturated carbocycles. The van der Waals surface area contributed by atoms with E-state index in [4.69, 9.17) is 9.73 Å². The fourth-order valence-electron chi connectivity index (χ4n) is 4.24. The molecule has 0 bridgehead atoms. The van der Waals surface area contributed by atoms with Gasteiger partial charge in [-0.25, -0.2) is 12.7 Å². The van der Waals surface area contributed by atoms with Gasteiger partial charge in [0.25, 0.3) is 0 Å². The third-order valence-electron chi connectivity index (χ3n) is 5.90. The molecule has 0 radical (unpaired) electrons. The minimum atomic E-state index is -3.06. The summed E-state index contributed by atoms with van der Waals surface area (Å²) in [6.07, 6.45) is 4.27. The zero-order valence-electron chi connectivity index (χ0n) is 17.2. The van der Waals surface area contributed by atoms with E-state index in [9.17, 15) is 8.42 Å². The lowest BCUT2D eigenvalue weighted by Crippen LogP contribution is -2.47. The third kappa shape index (κ3) is 6.68. The molecule has 1 atom stereocenters. The van der Waals surface area contributed by atoms with Crippen molar-refractivity contribution in [1.29, 1.82) is 0 Å². The van der Waals surface area contributed by atoms with Gasteiger partial charge in [0, 0.05) is 58.4 Å². The summed E-state index contributed by atoms with van der Waals surface area (Å²) < 4.78 is 30.4. The van der Waals surface area contributed by atoms with E-state index in [1.807, 2.05) is 0 Å². The largest absolute Gasteiger partial charge is 0.379 e. The second-order valence-corrected chi connectivity index (χ2v) is 9.82. The molecule has 0 aliphatic carbocycles. The lowest BCUT2D eigenvalue weighted by molar-refractivity contribution is 0.0195. The number of nitrogens with zero attached hydrogens (tertiary/aromatic N) is 4. The van der Waals surface area contributed by atoms with Crippen molar-refractivity contribution in [2.24, 2.45) is 10.9 Å². The second kappa shape index (κ2) is 11.3. The van der Waals surface area contributed by atoms with Gasteiger partial charge in [-0.2, -0.15) is 0 Å². The molecule has 0 amide bonds. The van der Waals surface area contributed by atoms with Gasteiger partial charge in [0.1, 0.15) is 0 Å². The number of likely N-dealkylation sites (tertiary alicyclic amines) is 1. The van der Waals surface area contributed by atoms with Gasteiger partial charge in [0.15, 0.2) is 5.96 Å². The summed E-state index contributed by atoms with van der Waals surface area (Å²) in [6, 6.07) is 0.593. The second-order valence-electron chi connectivity index (χ2n) is 7.84. The summed E-state index contributed by atoms with van der Waals surface area (Å²) in [6.45, 7) is 10.8. The zero-order chi connectivity index (χ0) is 19.3. The van der Waals surface area contributed by atoms with Crippen LogP contribution in [0.1, 0.15) is 26.2 Å². The summed E-state index contributed by atoms with van der Waals surface area (Å²) in [5.74, 6) is 1.48. The van der Waals surface area contributed by atoms with Gasteiger partial charge < -0.3 is 15.0 Å². The fourth-order valence-corrected chi connectivity index (χ4v) is 5.11. The van der Waals surface area contributed by atoms with Gasteiger partial charge in [0.05, 0.1) is 19.5 Å². The van der Waals surface area contributed by atoms with Crippen LogP contribution >= 0.6 is 24.0 Å². The number of morpholine rings is 1. The van der Waals surface area contributed by atoms with Crippen LogP contribution in [0.5, 0.6) is 0 Å². The van der Waals surface area contributed by atoms with E-state index < -0.39 is 10.0 Å². The zero-order valence-corrected chi connectivity index (χ0v) is 20.3. The molecule has 10 heteroatoms. The smallest absolute Gasteiger partial charge is 0.211 e. The molecule has 0 aromatic carbocycles. The number of hydrogen-bond donors (Lipinski definition) is 1. The van der Waals surface area contributed by atoms with Crippen molar-refractivity contribution in [3.63, 3.8) is 0 Å². The Morgan fingerprint density at radius 2 is 1.79 bits per heavy atom. The molecule has 3 aliphatic heterocycles. The molecular formula is C18H36IN5O3S. The van der Waals surface area contributed by atoms with E-state index in [-0.39, 0.29) is 24.0 Å². The fraction of sp³-hybridized carbons (Fsp3) is 0.944. The average molecular weight is 529 g/mol. The topological polar surface area (TPSA) is 77.5 Å². The van der Waals surface area contributed by atoms with Crippen LogP contribution in [-0.2, 0) is 14.8 Å². The highest BCUT2D eigenvalue weighted by molar-refractivity contribution is 14.0. The van der Waals surface area contributed by atoms with E-state index in [0.717, 1.165) is 71.3 Å². The Labute approximate surface area is 187 Å². The Balaban J connectivity index is 0.00000280. The lowest BCUT2D eigenvalue weighted by Gasteiger charge is -2.32. The van der Waals surface area contributed by atoms with Crippen LogP contribution in [-0.4, -0.2) is 106 Å². The van der Waals surface area contributed by atoms with Gasteiger partial charge in [-0.15, -0.1) is 24.0 Å². The molecule has 0 spiro atoms. The van der Waals surface area contributed by atoms with E-state index in [2.05, 4.69) is 22.0 Å². The summed E-state index contributed by atoms with van der Waals surface area (Å²) in [7, 11) is -3.06. The molecule has 3 aliphatic rings. The molecule has 0 aromatic heterocycles. The average Bonchev–Trinajstić information content (AvgIpc) is 3.15. The van der Waals surface area contributed by atoms with Crippen LogP contribution in [0.15, 0.2) is 4.99 Å².